The van der Waals surface area contributed by atoms with E-state index in [2.05, 4.69) is 14.9 Å². The van der Waals surface area contributed by atoms with Crippen LogP contribution >= 0.6 is 23.2 Å². The van der Waals surface area contributed by atoms with Gasteiger partial charge in [-0.1, -0.05) is 41.4 Å². The first-order chi connectivity index (χ1) is 14.2. The number of nitrogens with one attached hydrogen (secondary N) is 1. The summed E-state index contributed by atoms with van der Waals surface area (Å²) >= 11 is 12.7. The molecule has 1 heterocycles. The molecule has 0 aliphatic carbocycles. The van der Waals surface area contributed by atoms with E-state index in [9.17, 15) is 0 Å². The number of rotatable bonds is 11. The van der Waals surface area contributed by atoms with Crippen LogP contribution < -0.4 is 14.8 Å². The Labute approximate surface area is 181 Å². The molecule has 3 rings (SSSR count). The van der Waals surface area contributed by atoms with Crippen LogP contribution in [0.25, 0.3) is 0 Å². The number of imidazole rings is 1. The third kappa shape index (κ3) is 6.39. The normalized spacial score (nSPS) is 10.9. The summed E-state index contributed by atoms with van der Waals surface area (Å²) in [7, 11) is 0. The molecule has 1 aromatic heterocycles. The summed E-state index contributed by atoms with van der Waals surface area (Å²) in [6.45, 7) is 5.31. The SMILES string of the molecule is CCOc1cc(CNCCCn2ccnc2)c(Cl)cc1OCc1ccccc1Cl. The molecule has 0 fully saturated rings. The summed E-state index contributed by atoms with van der Waals surface area (Å²) in [5, 5.41) is 4.74. The third-order valence-electron chi connectivity index (χ3n) is 4.40. The molecule has 0 amide bonds. The third-order valence-corrected chi connectivity index (χ3v) is 5.12. The molecule has 0 radical (unpaired) electrons. The summed E-state index contributed by atoms with van der Waals surface area (Å²) in [4.78, 5) is 4.05. The zero-order valence-electron chi connectivity index (χ0n) is 16.4. The number of ether oxygens (including phenoxy) is 2. The maximum absolute atomic E-state index is 6.49. The van der Waals surface area contributed by atoms with E-state index >= 15 is 0 Å². The van der Waals surface area contributed by atoms with Gasteiger partial charge in [-0.2, -0.15) is 0 Å². The largest absolute Gasteiger partial charge is 0.490 e. The van der Waals surface area contributed by atoms with Gasteiger partial charge < -0.3 is 19.4 Å². The zero-order chi connectivity index (χ0) is 20.5. The Bertz CT molecular complexity index is 901. The van der Waals surface area contributed by atoms with Gasteiger partial charge in [0.1, 0.15) is 6.61 Å². The summed E-state index contributed by atoms with van der Waals surface area (Å²) in [5.74, 6) is 1.29. The van der Waals surface area contributed by atoms with Crippen LogP contribution in [-0.4, -0.2) is 22.7 Å². The molecule has 3 aromatic rings. The lowest BCUT2D eigenvalue weighted by Crippen LogP contribution is -2.16. The molecule has 29 heavy (non-hydrogen) atoms. The number of benzene rings is 2. The van der Waals surface area contributed by atoms with Crippen LogP contribution in [0.15, 0.2) is 55.1 Å². The molecule has 0 saturated heterocycles. The topological polar surface area (TPSA) is 48.3 Å². The Hall–Kier alpha value is -2.21. The van der Waals surface area contributed by atoms with E-state index in [1.165, 1.54) is 0 Å². The summed E-state index contributed by atoms with van der Waals surface area (Å²) in [5.41, 5.74) is 1.89. The van der Waals surface area contributed by atoms with Gasteiger partial charge in [0, 0.05) is 47.2 Å². The van der Waals surface area contributed by atoms with E-state index in [-0.39, 0.29) is 0 Å². The standard InChI is InChI=1S/C22H25Cl2N3O2/c1-2-28-21-12-18(14-25-8-5-10-27-11-9-26-16-27)20(24)13-22(21)29-15-17-6-3-4-7-19(17)23/h3-4,6-7,9,11-13,16,25H,2,5,8,10,14-15H2,1H3. The molecular formula is C22H25Cl2N3O2. The van der Waals surface area contributed by atoms with E-state index in [1.807, 2.05) is 55.8 Å². The molecule has 154 valence electrons. The highest BCUT2D eigenvalue weighted by Crippen LogP contribution is 2.34. The van der Waals surface area contributed by atoms with Crippen LogP contribution in [0.1, 0.15) is 24.5 Å². The number of hydrogen-bond donors (Lipinski definition) is 1. The van der Waals surface area contributed by atoms with Crippen LogP contribution in [0, 0.1) is 0 Å². The lowest BCUT2D eigenvalue weighted by atomic mass is 10.2. The highest BCUT2D eigenvalue weighted by atomic mass is 35.5. The Morgan fingerprint density at radius 1 is 1.03 bits per heavy atom. The predicted octanol–water partition coefficient (Wildman–Crippen LogP) is 5.35. The second kappa shape index (κ2) is 11.1. The van der Waals surface area contributed by atoms with Crippen molar-refractivity contribution in [3.05, 3.63) is 76.3 Å². The Balaban J connectivity index is 1.58. The van der Waals surface area contributed by atoms with Crippen molar-refractivity contribution in [2.75, 3.05) is 13.2 Å². The van der Waals surface area contributed by atoms with Crippen molar-refractivity contribution in [3.63, 3.8) is 0 Å². The summed E-state index contributed by atoms with van der Waals surface area (Å²) < 4.78 is 13.8. The number of nitrogens with zero attached hydrogens (tertiary/aromatic N) is 2. The molecule has 0 aliphatic rings. The van der Waals surface area contributed by atoms with E-state index in [0.717, 1.165) is 30.6 Å². The number of halogens is 2. The van der Waals surface area contributed by atoms with E-state index in [4.69, 9.17) is 32.7 Å². The molecule has 1 N–H and O–H groups in total. The van der Waals surface area contributed by atoms with Gasteiger partial charge in [0.2, 0.25) is 0 Å². The highest BCUT2D eigenvalue weighted by molar-refractivity contribution is 6.31. The van der Waals surface area contributed by atoms with E-state index in [1.54, 1.807) is 6.20 Å². The number of aromatic nitrogens is 2. The van der Waals surface area contributed by atoms with Crippen molar-refractivity contribution in [2.45, 2.75) is 33.0 Å². The zero-order valence-corrected chi connectivity index (χ0v) is 17.9. The highest BCUT2D eigenvalue weighted by Gasteiger charge is 2.12. The average molecular weight is 434 g/mol. The Kier molecular flexibility index (Phi) is 8.23. The van der Waals surface area contributed by atoms with Crippen molar-refractivity contribution in [1.82, 2.24) is 14.9 Å². The molecule has 0 aliphatic heterocycles. The van der Waals surface area contributed by atoms with Crippen molar-refractivity contribution in [1.29, 1.82) is 0 Å². The van der Waals surface area contributed by atoms with Gasteiger partial charge in [-0.3, -0.25) is 0 Å². The first-order valence-corrected chi connectivity index (χ1v) is 10.4. The molecule has 0 unspecified atom stereocenters. The lowest BCUT2D eigenvalue weighted by Gasteiger charge is -2.16. The predicted molar refractivity (Wildman–Crippen MR) is 117 cm³/mol. The molecule has 0 atom stereocenters. The molecule has 5 nitrogen and oxygen atoms in total. The smallest absolute Gasteiger partial charge is 0.163 e. The first-order valence-electron chi connectivity index (χ1n) is 9.65. The average Bonchev–Trinajstić information content (AvgIpc) is 3.23. The van der Waals surface area contributed by atoms with Gasteiger partial charge in [-0.25, -0.2) is 4.98 Å². The Morgan fingerprint density at radius 2 is 1.86 bits per heavy atom. The minimum Gasteiger partial charge on any atom is -0.490 e. The van der Waals surface area contributed by atoms with Gasteiger partial charge in [-0.05, 0) is 37.6 Å². The van der Waals surface area contributed by atoms with Gasteiger partial charge >= 0.3 is 0 Å². The van der Waals surface area contributed by atoms with Crippen LogP contribution in [-0.2, 0) is 19.7 Å². The van der Waals surface area contributed by atoms with Crippen molar-refractivity contribution in [2.24, 2.45) is 0 Å². The first kappa shape index (κ1) is 21.5. The lowest BCUT2D eigenvalue weighted by molar-refractivity contribution is 0.269. The second-order valence-corrected chi connectivity index (χ2v) is 7.35. The second-order valence-electron chi connectivity index (χ2n) is 6.53. The number of hydrogen-bond acceptors (Lipinski definition) is 4. The van der Waals surface area contributed by atoms with E-state index < -0.39 is 0 Å². The minimum atomic E-state index is 0.349. The molecule has 0 spiro atoms. The van der Waals surface area contributed by atoms with Crippen molar-refractivity contribution < 1.29 is 9.47 Å². The Morgan fingerprint density at radius 3 is 2.62 bits per heavy atom. The van der Waals surface area contributed by atoms with Crippen molar-refractivity contribution in [3.8, 4) is 11.5 Å². The molecule has 0 bridgehead atoms. The van der Waals surface area contributed by atoms with Crippen LogP contribution in [0.4, 0.5) is 0 Å². The maximum Gasteiger partial charge on any atom is 0.163 e. The van der Waals surface area contributed by atoms with Crippen LogP contribution in [0.2, 0.25) is 10.0 Å². The minimum absolute atomic E-state index is 0.349. The number of aryl methyl sites for hydroxylation is 1. The molecule has 2 aromatic carbocycles. The molecule has 0 saturated carbocycles. The quantitative estimate of drug-likeness (QED) is 0.414. The summed E-state index contributed by atoms with van der Waals surface area (Å²) in [6.07, 6.45) is 6.59. The fraction of sp³-hybridized carbons (Fsp3) is 0.318. The van der Waals surface area contributed by atoms with Gasteiger partial charge in [-0.15, -0.1) is 0 Å². The fourth-order valence-corrected chi connectivity index (χ4v) is 3.30. The summed E-state index contributed by atoms with van der Waals surface area (Å²) in [6, 6.07) is 11.4. The van der Waals surface area contributed by atoms with Gasteiger partial charge in [0.05, 0.1) is 12.9 Å². The van der Waals surface area contributed by atoms with Crippen LogP contribution in [0.5, 0.6) is 11.5 Å². The van der Waals surface area contributed by atoms with Crippen LogP contribution in [0.3, 0.4) is 0 Å². The fourth-order valence-electron chi connectivity index (χ4n) is 2.89. The van der Waals surface area contributed by atoms with E-state index in [0.29, 0.717) is 41.3 Å². The maximum atomic E-state index is 6.49. The van der Waals surface area contributed by atoms with Gasteiger partial charge in [0.25, 0.3) is 0 Å². The molecular weight excluding hydrogens is 409 g/mol. The molecule has 7 heteroatoms. The monoisotopic (exact) mass is 433 g/mol. The van der Waals surface area contributed by atoms with Crippen molar-refractivity contribution >= 4 is 23.2 Å². The van der Waals surface area contributed by atoms with Gasteiger partial charge in [0.15, 0.2) is 11.5 Å².